The zero-order valence-electron chi connectivity index (χ0n) is 8.02. The average Bonchev–Trinajstić information content (AvgIpc) is 2.12. The van der Waals surface area contributed by atoms with Crippen LogP contribution in [-0.2, 0) is 0 Å². The Morgan fingerprint density at radius 2 is 2.23 bits per heavy atom. The summed E-state index contributed by atoms with van der Waals surface area (Å²) in [4.78, 5) is 0. The van der Waals surface area contributed by atoms with Gasteiger partial charge in [-0.25, -0.2) is 4.39 Å². The fraction of sp³-hybridized carbons (Fsp3) is 0.455. The quantitative estimate of drug-likeness (QED) is 0.645. The van der Waals surface area contributed by atoms with E-state index in [1.54, 1.807) is 6.07 Å². The Kier molecular flexibility index (Phi) is 1.98. The summed E-state index contributed by atoms with van der Waals surface area (Å²) in [5, 5.41) is 3.26. The number of anilines is 1. The minimum Gasteiger partial charge on any atom is -0.384 e. The third-order valence-electron chi connectivity index (χ3n) is 2.77. The van der Waals surface area contributed by atoms with Gasteiger partial charge in [0.1, 0.15) is 5.82 Å². The van der Waals surface area contributed by atoms with Crippen LogP contribution in [0.3, 0.4) is 0 Å². The lowest BCUT2D eigenvalue weighted by atomic mass is 9.90. The molecule has 1 aromatic rings. The molecule has 1 atom stereocenters. The van der Waals surface area contributed by atoms with Crippen LogP contribution in [0.1, 0.15) is 30.4 Å². The van der Waals surface area contributed by atoms with E-state index < -0.39 is 0 Å². The number of aryl methyl sites for hydroxylation is 1. The molecule has 0 amide bonds. The molecule has 0 saturated carbocycles. The predicted octanol–water partition coefficient (Wildman–Crippen LogP) is 3.05. The lowest BCUT2D eigenvalue weighted by Gasteiger charge is -2.25. The van der Waals surface area contributed by atoms with Crippen LogP contribution >= 0.6 is 0 Å². The number of hydrogen-bond acceptors (Lipinski definition) is 1. The van der Waals surface area contributed by atoms with E-state index in [2.05, 4.69) is 12.2 Å². The van der Waals surface area contributed by atoms with Gasteiger partial charge in [0.15, 0.2) is 0 Å². The summed E-state index contributed by atoms with van der Waals surface area (Å²) in [6.07, 6.45) is 1.02. The van der Waals surface area contributed by atoms with Gasteiger partial charge in [-0.1, -0.05) is 13.0 Å². The van der Waals surface area contributed by atoms with Crippen LogP contribution < -0.4 is 5.32 Å². The van der Waals surface area contributed by atoms with Crippen LogP contribution in [0.25, 0.3) is 0 Å². The van der Waals surface area contributed by atoms with Crippen molar-refractivity contribution < 1.29 is 4.39 Å². The molecule has 1 nitrogen and oxygen atoms in total. The molecule has 0 radical (unpaired) electrons. The fourth-order valence-electron chi connectivity index (χ4n) is 1.98. The second-order valence-corrected chi connectivity index (χ2v) is 3.77. The summed E-state index contributed by atoms with van der Waals surface area (Å²) in [6.45, 7) is 5.06. The molecule has 1 heterocycles. The fourth-order valence-corrected chi connectivity index (χ4v) is 1.98. The van der Waals surface area contributed by atoms with Gasteiger partial charge in [-0.15, -0.1) is 0 Å². The highest BCUT2D eigenvalue weighted by Crippen LogP contribution is 2.35. The van der Waals surface area contributed by atoms with Gasteiger partial charge in [-0.3, -0.25) is 0 Å². The molecule has 1 aromatic carbocycles. The molecule has 13 heavy (non-hydrogen) atoms. The molecule has 1 aliphatic rings. The van der Waals surface area contributed by atoms with E-state index in [4.69, 9.17) is 0 Å². The molecular weight excluding hydrogens is 165 g/mol. The molecule has 2 heteroatoms. The molecule has 70 valence electrons. The average molecular weight is 179 g/mol. The van der Waals surface area contributed by atoms with Gasteiger partial charge in [-0.05, 0) is 30.9 Å². The first kappa shape index (κ1) is 8.54. The van der Waals surface area contributed by atoms with E-state index in [0.717, 1.165) is 29.8 Å². The first-order valence-corrected chi connectivity index (χ1v) is 4.73. The molecule has 1 N–H and O–H groups in total. The van der Waals surface area contributed by atoms with Crippen LogP contribution in [-0.4, -0.2) is 6.54 Å². The van der Waals surface area contributed by atoms with Crippen molar-refractivity contribution in [2.45, 2.75) is 26.2 Å². The van der Waals surface area contributed by atoms with Gasteiger partial charge in [-0.2, -0.15) is 0 Å². The van der Waals surface area contributed by atoms with E-state index in [9.17, 15) is 4.39 Å². The lowest BCUT2D eigenvalue weighted by Crippen LogP contribution is -2.17. The lowest BCUT2D eigenvalue weighted by molar-refractivity contribution is 0.571. The van der Waals surface area contributed by atoms with Crippen molar-refractivity contribution in [3.63, 3.8) is 0 Å². The third kappa shape index (κ3) is 1.30. The van der Waals surface area contributed by atoms with Gasteiger partial charge in [0.25, 0.3) is 0 Å². The number of fused-ring (bicyclic) bond motifs is 1. The van der Waals surface area contributed by atoms with E-state index in [-0.39, 0.29) is 5.82 Å². The third-order valence-corrected chi connectivity index (χ3v) is 2.77. The minimum atomic E-state index is -0.0692. The van der Waals surface area contributed by atoms with E-state index in [1.807, 2.05) is 13.0 Å². The standard InChI is InChI=1S/C11H14FN/c1-7-5-6-13-11-8(2)3-4-9(12)10(7)11/h3-4,7,13H,5-6H2,1-2H3. The van der Waals surface area contributed by atoms with Gasteiger partial charge in [0, 0.05) is 17.8 Å². The molecule has 0 fully saturated rings. The Morgan fingerprint density at radius 1 is 1.46 bits per heavy atom. The highest BCUT2D eigenvalue weighted by atomic mass is 19.1. The first-order valence-electron chi connectivity index (χ1n) is 4.73. The summed E-state index contributed by atoms with van der Waals surface area (Å²) < 4.78 is 13.5. The minimum absolute atomic E-state index is 0.0692. The van der Waals surface area contributed by atoms with Crippen molar-refractivity contribution in [1.29, 1.82) is 0 Å². The Hall–Kier alpha value is -1.05. The number of nitrogens with one attached hydrogen (secondary N) is 1. The molecule has 0 saturated heterocycles. The first-order chi connectivity index (χ1) is 6.20. The maximum atomic E-state index is 13.5. The molecule has 0 aromatic heterocycles. The number of halogens is 1. The predicted molar refractivity (Wildman–Crippen MR) is 52.7 cm³/mol. The van der Waals surface area contributed by atoms with Crippen LogP contribution in [0, 0.1) is 12.7 Å². The second kappa shape index (κ2) is 3.02. The van der Waals surface area contributed by atoms with Crippen molar-refractivity contribution >= 4 is 5.69 Å². The highest BCUT2D eigenvalue weighted by Gasteiger charge is 2.20. The maximum Gasteiger partial charge on any atom is 0.128 e. The Morgan fingerprint density at radius 3 is 2.92 bits per heavy atom. The molecule has 0 bridgehead atoms. The van der Waals surface area contributed by atoms with Crippen LogP contribution in [0.2, 0.25) is 0 Å². The monoisotopic (exact) mass is 179 g/mol. The Labute approximate surface area is 78.0 Å². The van der Waals surface area contributed by atoms with Crippen molar-refractivity contribution in [2.75, 3.05) is 11.9 Å². The van der Waals surface area contributed by atoms with Gasteiger partial charge < -0.3 is 5.32 Å². The van der Waals surface area contributed by atoms with Crippen LogP contribution in [0.5, 0.6) is 0 Å². The summed E-state index contributed by atoms with van der Waals surface area (Å²) >= 11 is 0. The van der Waals surface area contributed by atoms with Gasteiger partial charge in [0.2, 0.25) is 0 Å². The normalized spacial score (nSPS) is 20.7. The van der Waals surface area contributed by atoms with Gasteiger partial charge in [0.05, 0.1) is 0 Å². The summed E-state index contributed by atoms with van der Waals surface area (Å²) in [5.41, 5.74) is 3.02. The smallest absolute Gasteiger partial charge is 0.128 e. The number of benzene rings is 1. The van der Waals surface area contributed by atoms with E-state index in [0.29, 0.717) is 5.92 Å². The molecule has 2 rings (SSSR count). The van der Waals surface area contributed by atoms with E-state index in [1.165, 1.54) is 0 Å². The summed E-state index contributed by atoms with van der Waals surface area (Å²) in [5.74, 6) is 0.274. The molecule has 0 aliphatic carbocycles. The Balaban J connectivity index is 2.60. The topological polar surface area (TPSA) is 12.0 Å². The van der Waals surface area contributed by atoms with Crippen LogP contribution in [0.15, 0.2) is 12.1 Å². The molecule has 0 spiro atoms. The molecule has 1 aliphatic heterocycles. The summed E-state index contributed by atoms with van der Waals surface area (Å²) in [7, 11) is 0. The van der Waals surface area contributed by atoms with Crippen molar-refractivity contribution in [1.82, 2.24) is 0 Å². The number of rotatable bonds is 0. The van der Waals surface area contributed by atoms with Crippen LogP contribution in [0.4, 0.5) is 10.1 Å². The van der Waals surface area contributed by atoms with E-state index >= 15 is 0 Å². The maximum absolute atomic E-state index is 13.5. The highest BCUT2D eigenvalue weighted by molar-refractivity contribution is 5.60. The largest absolute Gasteiger partial charge is 0.384 e. The SMILES string of the molecule is Cc1ccc(F)c2c1NCCC2C. The summed E-state index contributed by atoms with van der Waals surface area (Å²) in [6, 6.07) is 3.40. The van der Waals surface area contributed by atoms with Crippen molar-refractivity contribution in [3.05, 3.63) is 29.1 Å². The number of hydrogen-bond donors (Lipinski definition) is 1. The Bertz CT molecular complexity index is 333. The zero-order chi connectivity index (χ0) is 9.42. The molecular formula is C11H14FN. The zero-order valence-corrected chi connectivity index (χ0v) is 8.02. The van der Waals surface area contributed by atoms with Gasteiger partial charge >= 0.3 is 0 Å². The molecule has 1 unspecified atom stereocenters. The van der Waals surface area contributed by atoms with Crippen molar-refractivity contribution in [3.8, 4) is 0 Å². The second-order valence-electron chi connectivity index (χ2n) is 3.77. The van der Waals surface area contributed by atoms with Crippen molar-refractivity contribution in [2.24, 2.45) is 0 Å².